The second-order valence-corrected chi connectivity index (χ2v) is 4.25. The molecule has 0 unspecified atom stereocenters. The number of pyridine rings is 1. The van der Waals surface area contributed by atoms with E-state index < -0.39 is 0 Å². The second kappa shape index (κ2) is 3.92. The fraction of sp³-hybridized carbons (Fsp3) is 0.417. The summed E-state index contributed by atoms with van der Waals surface area (Å²) in [6.45, 7) is 5.36. The molecule has 1 aliphatic heterocycles. The lowest BCUT2D eigenvalue weighted by Crippen LogP contribution is -2.37. The lowest BCUT2D eigenvalue weighted by atomic mass is 10.3. The van der Waals surface area contributed by atoms with Crippen molar-refractivity contribution < 1.29 is 4.74 Å². The molecule has 2 aromatic heterocycles. The highest BCUT2D eigenvalue weighted by molar-refractivity contribution is 5.70. The maximum atomic E-state index is 5.90. The topological polar surface area (TPSA) is 55.8 Å². The smallest absolute Gasteiger partial charge is 0.149 e. The van der Waals surface area contributed by atoms with Gasteiger partial charge in [-0.3, -0.25) is 4.40 Å². The average molecular weight is 232 g/mol. The van der Waals surface area contributed by atoms with Crippen LogP contribution in [0.1, 0.15) is 5.82 Å². The van der Waals surface area contributed by atoms with Gasteiger partial charge in [-0.2, -0.15) is 0 Å². The Morgan fingerprint density at radius 3 is 2.82 bits per heavy atom. The minimum absolute atomic E-state index is 0.595. The summed E-state index contributed by atoms with van der Waals surface area (Å²) in [6.07, 6.45) is 0. The van der Waals surface area contributed by atoms with E-state index in [2.05, 4.69) is 20.4 Å². The summed E-state index contributed by atoms with van der Waals surface area (Å²) < 4.78 is 7.49. The lowest BCUT2D eigenvalue weighted by molar-refractivity contribution is 0.122. The molecule has 0 aromatic carbocycles. The normalized spacial score (nSPS) is 16.6. The highest BCUT2D eigenvalue weighted by Crippen LogP contribution is 2.23. The van der Waals surface area contributed by atoms with Gasteiger partial charge in [-0.25, -0.2) is 4.98 Å². The maximum absolute atomic E-state index is 5.90. The molecule has 0 aliphatic carbocycles. The van der Waals surface area contributed by atoms with Crippen LogP contribution in [0.2, 0.25) is 0 Å². The Bertz CT molecular complexity index is 543. The van der Waals surface area contributed by atoms with Crippen LogP contribution in [0.25, 0.3) is 5.52 Å². The van der Waals surface area contributed by atoms with Crippen molar-refractivity contribution in [3.05, 3.63) is 24.0 Å². The molecule has 0 radical (unpaired) electrons. The summed E-state index contributed by atoms with van der Waals surface area (Å²) >= 11 is 0. The quantitative estimate of drug-likeness (QED) is 0.799. The van der Waals surface area contributed by atoms with Crippen LogP contribution in [0.4, 0.5) is 11.6 Å². The number of morpholine rings is 1. The number of hydrogen-bond donors (Lipinski definition) is 1. The molecule has 0 bridgehead atoms. The van der Waals surface area contributed by atoms with Gasteiger partial charge >= 0.3 is 0 Å². The Kier molecular flexibility index (Phi) is 2.40. The molecule has 3 rings (SSSR count). The fourth-order valence-electron chi connectivity index (χ4n) is 2.36. The van der Waals surface area contributed by atoms with E-state index in [1.807, 2.05) is 19.1 Å². The first-order valence-corrected chi connectivity index (χ1v) is 5.83. The number of rotatable bonds is 1. The molecule has 1 saturated heterocycles. The third kappa shape index (κ3) is 1.63. The largest absolute Gasteiger partial charge is 0.382 e. The van der Waals surface area contributed by atoms with Crippen molar-refractivity contribution in [2.45, 2.75) is 6.92 Å². The SMILES string of the molecule is Cc1nc(N)c2cccc(N3CCOCC3)n12. The Morgan fingerprint density at radius 2 is 2.06 bits per heavy atom. The number of imidazole rings is 1. The van der Waals surface area contributed by atoms with Gasteiger partial charge in [0.25, 0.3) is 0 Å². The summed E-state index contributed by atoms with van der Waals surface area (Å²) in [7, 11) is 0. The van der Waals surface area contributed by atoms with Crippen molar-refractivity contribution in [3.8, 4) is 0 Å². The highest BCUT2D eigenvalue weighted by atomic mass is 16.5. The van der Waals surface area contributed by atoms with Crippen LogP contribution in [-0.2, 0) is 4.74 Å². The van der Waals surface area contributed by atoms with Gasteiger partial charge in [0.05, 0.1) is 18.7 Å². The molecule has 0 amide bonds. The number of aromatic nitrogens is 2. The van der Waals surface area contributed by atoms with Crippen LogP contribution in [0, 0.1) is 6.92 Å². The van der Waals surface area contributed by atoms with Crippen molar-refractivity contribution in [2.75, 3.05) is 36.9 Å². The number of ether oxygens (including phenoxy) is 1. The third-order valence-electron chi connectivity index (χ3n) is 3.17. The summed E-state index contributed by atoms with van der Waals surface area (Å²) in [5, 5.41) is 0. The van der Waals surface area contributed by atoms with Crippen LogP contribution in [0.3, 0.4) is 0 Å². The molecule has 17 heavy (non-hydrogen) atoms. The molecule has 0 atom stereocenters. The van der Waals surface area contributed by atoms with Crippen molar-refractivity contribution >= 4 is 17.2 Å². The van der Waals surface area contributed by atoms with E-state index in [-0.39, 0.29) is 0 Å². The summed E-state index contributed by atoms with van der Waals surface area (Å²) in [5.41, 5.74) is 6.88. The molecule has 0 saturated carbocycles. The van der Waals surface area contributed by atoms with Crippen molar-refractivity contribution in [2.24, 2.45) is 0 Å². The maximum Gasteiger partial charge on any atom is 0.149 e. The molecule has 2 N–H and O–H groups in total. The molecule has 1 fully saturated rings. The van der Waals surface area contributed by atoms with Gasteiger partial charge in [-0.05, 0) is 19.1 Å². The van der Waals surface area contributed by atoms with Gasteiger partial charge < -0.3 is 15.4 Å². The molecule has 90 valence electrons. The number of nitrogens with two attached hydrogens (primary N) is 1. The van der Waals surface area contributed by atoms with Gasteiger partial charge in [-0.1, -0.05) is 6.07 Å². The Balaban J connectivity index is 2.15. The Morgan fingerprint density at radius 1 is 1.29 bits per heavy atom. The third-order valence-corrected chi connectivity index (χ3v) is 3.17. The first-order chi connectivity index (χ1) is 8.27. The molecular formula is C12H16N4O. The van der Waals surface area contributed by atoms with Crippen LogP contribution in [-0.4, -0.2) is 35.7 Å². The lowest BCUT2D eigenvalue weighted by Gasteiger charge is -2.29. The predicted octanol–water partition coefficient (Wildman–Crippen LogP) is 1.06. The fourth-order valence-corrected chi connectivity index (χ4v) is 2.36. The Hall–Kier alpha value is -1.75. The zero-order valence-corrected chi connectivity index (χ0v) is 9.89. The minimum Gasteiger partial charge on any atom is -0.382 e. The van der Waals surface area contributed by atoms with E-state index >= 15 is 0 Å². The summed E-state index contributed by atoms with van der Waals surface area (Å²) in [4.78, 5) is 6.64. The molecular weight excluding hydrogens is 216 g/mol. The summed E-state index contributed by atoms with van der Waals surface area (Å²) in [5.74, 6) is 2.67. The number of nitrogens with zero attached hydrogens (tertiary/aromatic N) is 3. The van der Waals surface area contributed by atoms with E-state index in [4.69, 9.17) is 10.5 Å². The van der Waals surface area contributed by atoms with Gasteiger partial charge in [-0.15, -0.1) is 0 Å². The van der Waals surface area contributed by atoms with Gasteiger partial charge in [0.15, 0.2) is 0 Å². The van der Waals surface area contributed by atoms with Crippen LogP contribution in [0.15, 0.2) is 18.2 Å². The molecule has 2 aromatic rings. The van der Waals surface area contributed by atoms with Crippen LogP contribution < -0.4 is 10.6 Å². The standard InChI is InChI=1S/C12H16N4O/c1-9-14-12(13)10-3-2-4-11(16(9)10)15-5-7-17-8-6-15/h2-4H,5-8,13H2,1H3. The average Bonchev–Trinajstić information content (AvgIpc) is 2.66. The van der Waals surface area contributed by atoms with Crippen molar-refractivity contribution in [1.29, 1.82) is 0 Å². The molecule has 0 spiro atoms. The van der Waals surface area contributed by atoms with E-state index in [1.54, 1.807) is 0 Å². The molecule has 1 aliphatic rings. The van der Waals surface area contributed by atoms with Crippen molar-refractivity contribution in [1.82, 2.24) is 9.38 Å². The first kappa shape index (κ1) is 10.4. The minimum atomic E-state index is 0.595. The van der Waals surface area contributed by atoms with Gasteiger partial charge in [0.1, 0.15) is 17.5 Å². The van der Waals surface area contributed by atoms with Crippen LogP contribution in [0.5, 0.6) is 0 Å². The molecule has 3 heterocycles. The van der Waals surface area contributed by atoms with E-state index in [9.17, 15) is 0 Å². The summed E-state index contributed by atoms with van der Waals surface area (Å²) in [6, 6.07) is 6.13. The van der Waals surface area contributed by atoms with Crippen LogP contribution >= 0.6 is 0 Å². The monoisotopic (exact) mass is 232 g/mol. The zero-order chi connectivity index (χ0) is 11.8. The molecule has 5 heteroatoms. The second-order valence-electron chi connectivity index (χ2n) is 4.25. The van der Waals surface area contributed by atoms with E-state index in [1.165, 1.54) is 0 Å². The zero-order valence-electron chi connectivity index (χ0n) is 9.89. The van der Waals surface area contributed by atoms with Gasteiger partial charge in [0, 0.05) is 13.1 Å². The van der Waals surface area contributed by atoms with Gasteiger partial charge in [0.2, 0.25) is 0 Å². The Labute approximate surface area is 99.8 Å². The van der Waals surface area contributed by atoms with E-state index in [0.29, 0.717) is 5.82 Å². The predicted molar refractivity (Wildman–Crippen MR) is 67.4 cm³/mol. The molecule has 5 nitrogen and oxygen atoms in total. The first-order valence-electron chi connectivity index (χ1n) is 5.83. The van der Waals surface area contributed by atoms with Crippen molar-refractivity contribution in [3.63, 3.8) is 0 Å². The highest BCUT2D eigenvalue weighted by Gasteiger charge is 2.16. The number of hydrogen-bond acceptors (Lipinski definition) is 4. The number of fused-ring (bicyclic) bond motifs is 1. The number of aryl methyl sites for hydroxylation is 1. The number of anilines is 2. The number of nitrogen functional groups attached to an aromatic ring is 1. The van der Waals surface area contributed by atoms with E-state index in [0.717, 1.165) is 43.5 Å².